The van der Waals surface area contributed by atoms with E-state index in [1.165, 1.54) is 0 Å². The molecule has 1 N–H and O–H groups in total. The predicted molar refractivity (Wildman–Crippen MR) is 59.7 cm³/mol. The van der Waals surface area contributed by atoms with Gasteiger partial charge in [-0.1, -0.05) is 0 Å². The highest BCUT2D eigenvalue weighted by atomic mass is 32.2. The molecule has 0 spiro atoms. The minimum Gasteiger partial charge on any atom is -0.466 e. The van der Waals surface area contributed by atoms with Gasteiger partial charge in [-0.05, 0) is 25.5 Å². The number of ether oxygens (including phenoxy) is 1. The molecule has 5 heteroatoms. The smallest absolute Gasteiger partial charge is 0.307 e. The summed E-state index contributed by atoms with van der Waals surface area (Å²) >= 11 is 1.69. The van der Waals surface area contributed by atoms with Crippen LogP contribution in [0.3, 0.4) is 0 Å². The number of nitrogens with one attached hydrogen (secondary N) is 1. The van der Waals surface area contributed by atoms with Crippen LogP contribution >= 0.6 is 11.8 Å². The van der Waals surface area contributed by atoms with E-state index in [-0.39, 0.29) is 23.5 Å². The van der Waals surface area contributed by atoms with Crippen molar-refractivity contribution in [3.63, 3.8) is 0 Å². The van der Waals surface area contributed by atoms with Gasteiger partial charge in [-0.25, -0.2) is 0 Å². The van der Waals surface area contributed by atoms with E-state index in [9.17, 15) is 9.59 Å². The summed E-state index contributed by atoms with van der Waals surface area (Å²) in [5, 5.41) is 2.84. The van der Waals surface area contributed by atoms with Gasteiger partial charge in [0.25, 0.3) is 0 Å². The van der Waals surface area contributed by atoms with Crippen LogP contribution in [0.1, 0.15) is 26.2 Å². The Bertz CT molecular complexity index is 227. The van der Waals surface area contributed by atoms with Crippen LogP contribution < -0.4 is 5.32 Å². The monoisotopic (exact) mass is 231 g/mol. The average Bonchev–Trinajstić information content (AvgIpc) is 2.70. The van der Waals surface area contributed by atoms with E-state index < -0.39 is 0 Å². The third-order valence-electron chi connectivity index (χ3n) is 2.16. The molecule has 0 aromatic rings. The van der Waals surface area contributed by atoms with Crippen LogP contribution in [0.25, 0.3) is 0 Å². The van der Waals surface area contributed by atoms with Crippen molar-refractivity contribution in [2.45, 2.75) is 31.4 Å². The zero-order valence-electron chi connectivity index (χ0n) is 8.95. The molecule has 0 radical (unpaired) electrons. The second-order valence-corrected chi connectivity index (χ2v) is 4.66. The van der Waals surface area contributed by atoms with E-state index in [4.69, 9.17) is 4.74 Å². The van der Waals surface area contributed by atoms with Gasteiger partial charge in [0.15, 0.2) is 0 Å². The number of esters is 1. The highest BCUT2D eigenvalue weighted by Crippen LogP contribution is 2.25. The van der Waals surface area contributed by atoms with Crippen LogP contribution in [0.4, 0.5) is 0 Å². The summed E-state index contributed by atoms with van der Waals surface area (Å²) in [7, 11) is 0. The van der Waals surface area contributed by atoms with Gasteiger partial charge in [0.05, 0.1) is 18.3 Å². The Morgan fingerprint density at radius 2 is 2.33 bits per heavy atom. The molecular formula is C10H17NO3S. The first-order valence-electron chi connectivity index (χ1n) is 5.29. The molecule has 0 aromatic carbocycles. The molecule has 86 valence electrons. The fraction of sp³-hybridized carbons (Fsp3) is 0.800. The number of amides is 1. The van der Waals surface area contributed by atoms with Crippen molar-refractivity contribution >= 4 is 23.6 Å². The summed E-state index contributed by atoms with van der Waals surface area (Å²) < 4.78 is 4.75. The summed E-state index contributed by atoms with van der Waals surface area (Å²) in [6.45, 7) is 2.55. The Morgan fingerprint density at radius 3 is 2.93 bits per heavy atom. The Balaban J connectivity index is 2.08. The summed E-state index contributed by atoms with van der Waals surface area (Å²) in [5.74, 6) is 0.870. The van der Waals surface area contributed by atoms with Crippen LogP contribution in [0.5, 0.6) is 0 Å². The minimum absolute atomic E-state index is 0.0572. The van der Waals surface area contributed by atoms with Gasteiger partial charge in [0.2, 0.25) is 5.91 Å². The summed E-state index contributed by atoms with van der Waals surface area (Å²) in [6.07, 6.45) is 2.33. The predicted octanol–water partition coefficient (Wildman–Crippen LogP) is 0.951. The molecule has 1 fully saturated rings. The van der Waals surface area contributed by atoms with Gasteiger partial charge in [0.1, 0.15) is 0 Å². The number of hydrogen-bond acceptors (Lipinski definition) is 4. The standard InChI is InChI=1S/C10H17NO3S/c1-2-14-9(12)5-6-11-10(13)8-4-3-7-15-8/h8H,2-7H2,1H3,(H,11,13). The number of carbonyl (C=O) groups excluding carboxylic acids is 2. The summed E-state index contributed by atoms with van der Waals surface area (Å²) in [5.41, 5.74) is 0. The molecule has 1 atom stereocenters. The molecule has 1 unspecified atom stereocenters. The molecule has 1 aliphatic heterocycles. The fourth-order valence-corrected chi connectivity index (χ4v) is 2.61. The second-order valence-electron chi connectivity index (χ2n) is 3.35. The lowest BCUT2D eigenvalue weighted by Crippen LogP contribution is -2.33. The molecule has 0 saturated carbocycles. The van der Waals surface area contributed by atoms with Crippen LogP contribution in [0.15, 0.2) is 0 Å². The molecule has 1 rings (SSSR count). The van der Waals surface area contributed by atoms with Gasteiger partial charge in [-0.15, -0.1) is 11.8 Å². The van der Waals surface area contributed by atoms with Gasteiger partial charge < -0.3 is 10.1 Å². The van der Waals surface area contributed by atoms with Gasteiger partial charge in [0, 0.05) is 6.54 Å². The lowest BCUT2D eigenvalue weighted by molar-refractivity contribution is -0.143. The van der Waals surface area contributed by atoms with Crippen molar-refractivity contribution in [3.8, 4) is 0 Å². The van der Waals surface area contributed by atoms with Gasteiger partial charge >= 0.3 is 5.97 Å². The normalized spacial score (nSPS) is 19.9. The lowest BCUT2D eigenvalue weighted by Gasteiger charge is -2.09. The number of thioether (sulfide) groups is 1. The molecular weight excluding hydrogens is 214 g/mol. The van der Waals surface area contributed by atoms with Gasteiger partial charge in [-0.2, -0.15) is 0 Å². The van der Waals surface area contributed by atoms with Crippen LogP contribution in [0.2, 0.25) is 0 Å². The highest BCUT2D eigenvalue weighted by molar-refractivity contribution is 8.00. The summed E-state index contributed by atoms with van der Waals surface area (Å²) in [6, 6.07) is 0. The molecule has 0 aliphatic carbocycles. The van der Waals surface area contributed by atoms with Gasteiger partial charge in [-0.3, -0.25) is 9.59 Å². The zero-order valence-corrected chi connectivity index (χ0v) is 9.77. The van der Waals surface area contributed by atoms with Crippen molar-refractivity contribution in [1.29, 1.82) is 0 Å². The third kappa shape index (κ3) is 4.55. The Labute approximate surface area is 94.1 Å². The van der Waals surface area contributed by atoms with E-state index >= 15 is 0 Å². The first-order chi connectivity index (χ1) is 7.24. The molecule has 1 amide bonds. The maximum absolute atomic E-state index is 11.5. The van der Waals surface area contributed by atoms with Crippen molar-refractivity contribution in [1.82, 2.24) is 5.32 Å². The topological polar surface area (TPSA) is 55.4 Å². The maximum Gasteiger partial charge on any atom is 0.307 e. The highest BCUT2D eigenvalue weighted by Gasteiger charge is 2.22. The van der Waals surface area contributed by atoms with Crippen LogP contribution in [-0.4, -0.2) is 36.0 Å². The SMILES string of the molecule is CCOC(=O)CCNC(=O)C1CCCS1. The number of hydrogen-bond donors (Lipinski definition) is 1. The Hall–Kier alpha value is -0.710. The first-order valence-corrected chi connectivity index (χ1v) is 6.34. The number of carbonyl (C=O) groups is 2. The van der Waals surface area contributed by atoms with Crippen molar-refractivity contribution < 1.29 is 14.3 Å². The van der Waals surface area contributed by atoms with Crippen molar-refractivity contribution in [2.24, 2.45) is 0 Å². The number of rotatable bonds is 5. The van der Waals surface area contributed by atoms with Crippen LogP contribution in [-0.2, 0) is 14.3 Å². The van der Waals surface area contributed by atoms with E-state index in [2.05, 4.69) is 5.32 Å². The second kappa shape index (κ2) is 6.71. The van der Waals surface area contributed by atoms with Crippen LogP contribution in [0, 0.1) is 0 Å². The molecule has 1 heterocycles. The molecule has 4 nitrogen and oxygen atoms in total. The zero-order chi connectivity index (χ0) is 11.1. The largest absolute Gasteiger partial charge is 0.466 e. The fourth-order valence-electron chi connectivity index (χ4n) is 1.42. The quantitative estimate of drug-likeness (QED) is 0.716. The molecule has 0 aromatic heterocycles. The molecule has 1 saturated heterocycles. The van der Waals surface area contributed by atoms with Crippen molar-refractivity contribution in [2.75, 3.05) is 18.9 Å². The van der Waals surface area contributed by atoms with E-state index in [0.717, 1.165) is 18.6 Å². The molecule has 15 heavy (non-hydrogen) atoms. The average molecular weight is 231 g/mol. The van der Waals surface area contributed by atoms with E-state index in [0.29, 0.717) is 13.2 Å². The van der Waals surface area contributed by atoms with Crippen molar-refractivity contribution in [3.05, 3.63) is 0 Å². The van der Waals surface area contributed by atoms with E-state index in [1.807, 2.05) is 0 Å². The molecule has 1 aliphatic rings. The third-order valence-corrected chi connectivity index (χ3v) is 3.53. The first kappa shape index (κ1) is 12.4. The summed E-state index contributed by atoms with van der Waals surface area (Å²) in [4.78, 5) is 22.5. The Kier molecular flexibility index (Phi) is 5.53. The van der Waals surface area contributed by atoms with E-state index in [1.54, 1.807) is 18.7 Å². The maximum atomic E-state index is 11.5. The molecule has 0 bridgehead atoms. The lowest BCUT2D eigenvalue weighted by atomic mass is 10.2. The Morgan fingerprint density at radius 1 is 1.53 bits per heavy atom. The minimum atomic E-state index is -0.253.